The highest BCUT2D eigenvalue weighted by molar-refractivity contribution is 14.1. The van der Waals surface area contributed by atoms with Crippen molar-refractivity contribution in [2.45, 2.75) is 57.8 Å². The van der Waals surface area contributed by atoms with Gasteiger partial charge in [0.2, 0.25) is 0 Å². The summed E-state index contributed by atoms with van der Waals surface area (Å²) in [6.45, 7) is 8.03. The van der Waals surface area contributed by atoms with E-state index in [0.717, 1.165) is 13.0 Å². The van der Waals surface area contributed by atoms with Gasteiger partial charge >= 0.3 is 0 Å². The van der Waals surface area contributed by atoms with E-state index in [2.05, 4.69) is 10.9 Å². The number of carbonyl (C=O) groups is 1. The maximum Gasteiger partial charge on any atom is 0.186 e. The molecule has 0 amide bonds. The van der Waals surface area contributed by atoms with Gasteiger partial charge in [-0.25, -0.2) is 0 Å². The van der Waals surface area contributed by atoms with Gasteiger partial charge in [0, 0.05) is 13.0 Å². The van der Waals surface area contributed by atoms with Crippen LogP contribution < -0.4 is 10.9 Å². The van der Waals surface area contributed by atoms with Crippen LogP contribution in [0.2, 0.25) is 0 Å². The molecule has 3 N–H and O–H groups in total. The minimum absolute atomic E-state index is 0.0946. The van der Waals surface area contributed by atoms with Crippen LogP contribution in [0.5, 0.6) is 0 Å². The van der Waals surface area contributed by atoms with Gasteiger partial charge in [0.15, 0.2) is 5.78 Å². The first-order chi connectivity index (χ1) is 10.1. The first-order valence-corrected chi connectivity index (χ1v) is 8.25. The Labute approximate surface area is 147 Å². The zero-order chi connectivity index (χ0) is 17.2. The van der Waals surface area contributed by atoms with Crippen LogP contribution in [-0.4, -0.2) is 48.4 Å². The molecule has 0 saturated heterocycles. The summed E-state index contributed by atoms with van der Waals surface area (Å²) in [5, 5.41) is 9.98. The maximum absolute atomic E-state index is 12.1. The Morgan fingerprint density at radius 2 is 2.00 bits per heavy atom. The second-order valence-corrected chi connectivity index (χ2v) is 6.69. The standard InChI is InChI=1S/C15H29IN2O4/c1-14(2,22-16)10-12(19)11-21-15(3,4)13(20)8-6-7-9-18-17-5/h6,8,12,17-19H,7,9-11H2,1-5H3/b8-6+. The average molecular weight is 428 g/mol. The Kier molecular flexibility index (Phi) is 10.6. The lowest BCUT2D eigenvalue weighted by molar-refractivity contribution is -0.139. The van der Waals surface area contributed by atoms with Crippen LogP contribution in [-0.2, 0) is 12.6 Å². The fraction of sp³-hybridized carbons (Fsp3) is 0.800. The second-order valence-electron chi connectivity index (χ2n) is 6.25. The molecule has 1 atom stereocenters. The molecule has 0 aromatic rings. The molecule has 0 fully saturated rings. The van der Waals surface area contributed by atoms with Crippen LogP contribution >= 0.6 is 23.0 Å². The number of nitrogens with one attached hydrogen (secondary N) is 2. The van der Waals surface area contributed by atoms with Gasteiger partial charge in [0.1, 0.15) is 28.6 Å². The number of rotatable bonds is 12. The fourth-order valence-electron chi connectivity index (χ4n) is 1.71. The smallest absolute Gasteiger partial charge is 0.186 e. The SMILES string of the molecule is CNNCC/C=C/C(=O)C(C)(C)OCC(O)CC(C)(C)OI. The Hall–Kier alpha value is -0.0600. The third-order valence-corrected chi connectivity index (χ3v) is 4.24. The maximum atomic E-state index is 12.1. The molecule has 7 heteroatoms. The minimum Gasteiger partial charge on any atom is -0.391 e. The van der Waals surface area contributed by atoms with Crippen molar-refractivity contribution in [3.05, 3.63) is 12.2 Å². The molecule has 0 aromatic heterocycles. The van der Waals surface area contributed by atoms with E-state index < -0.39 is 17.3 Å². The molecule has 1 unspecified atom stereocenters. The summed E-state index contributed by atoms with van der Waals surface area (Å²) in [4.78, 5) is 12.1. The lowest BCUT2D eigenvalue weighted by atomic mass is 10.0. The van der Waals surface area contributed by atoms with Crippen molar-refractivity contribution in [1.29, 1.82) is 0 Å². The molecule has 0 radical (unpaired) electrons. The van der Waals surface area contributed by atoms with Gasteiger partial charge in [-0.15, -0.1) is 0 Å². The molecule has 0 spiro atoms. The molecule has 0 rings (SSSR count). The topological polar surface area (TPSA) is 79.8 Å². The summed E-state index contributed by atoms with van der Waals surface area (Å²) < 4.78 is 10.8. The number of ketones is 1. The van der Waals surface area contributed by atoms with Crippen LogP contribution in [0, 0.1) is 0 Å². The molecular formula is C15H29IN2O4. The van der Waals surface area contributed by atoms with E-state index in [0.29, 0.717) is 6.42 Å². The summed E-state index contributed by atoms with van der Waals surface area (Å²) in [5.41, 5.74) is 4.36. The second kappa shape index (κ2) is 10.7. The van der Waals surface area contributed by atoms with Crippen LogP contribution in [0.1, 0.15) is 40.5 Å². The summed E-state index contributed by atoms with van der Waals surface area (Å²) >= 11 is 1.82. The summed E-state index contributed by atoms with van der Waals surface area (Å²) in [6.07, 6.45) is 3.83. The van der Waals surface area contributed by atoms with Gasteiger partial charge in [0.25, 0.3) is 0 Å². The van der Waals surface area contributed by atoms with Gasteiger partial charge in [-0.2, -0.15) is 0 Å². The first kappa shape index (κ1) is 21.9. The van der Waals surface area contributed by atoms with E-state index >= 15 is 0 Å². The van der Waals surface area contributed by atoms with Crippen molar-refractivity contribution in [2.24, 2.45) is 0 Å². The zero-order valence-corrected chi connectivity index (χ0v) is 16.3. The number of ether oxygens (including phenoxy) is 1. The molecule has 0 aliphatic rings. The number of hydrogen-bond acceptors (Lipinski definition) is 6. The fourth-order valence-corrected chi connectivity index (χ4v) is 1.88. The van der Waals surface area contributed by atoms with Gasteiger partial charge in [-0.1, -0.05) is 6.08 Å². The van der Waals surface area contributed by atoms with Crippen LogP contribution in [0.25, 0.3) is 0 Å². The highest BCUT2D eigenvalue weighted by Gasteiger charge is 2.29. The van der Waals surface area contributed by atoms with Crippen molar-refractivity contribution in [2.75, 3.05) is 20.2 Å². The Morgan fingerprint density at radius 1 is 1.36 bits per heavy atom. The van der Waals surface area contributed by atoms with Gasteiger partial charge in [-0.05, 0) is 47.2 Å². The summed E-state index contributed by atoms with van der Waals surface area (Å²) in [6, 6.07) is 0. The highest BCUT2D eigenvalue weighted by Crippen LogP contribution is 2.21. The lowest BCUT2D eigenvalue weighted by Gasteiger charge is -2.27. The van der Waals surface area contributed by atoms with Gasteiger partial charge < -0.3 is 12.9 Å². The third kappa shape index (κ3) is 9.86. The zero-order valence-electron chi connectivity index (χ0n) is 14.1. The normalized spacial score (nSPS) is 14.5. The van der Waals surface area contributed by atoms with Crippen LogP contribution in [0.15, 0.2) is 12.2 Å². The van der Waals surface area contributed by atoms with Crippen molar-refractivity contribution >= 4 is 28.8 Å². The van der Waals surface area contributed by atoms with E-state index in [1.165, 1.54) is 6.08 Å². The molecule has 0 aliphatic heterocycles. The van der Waals surface area contributed by atoms with Crippen LogP contribution in [0.3, 0.4) is 0 Å². The molecule has 0 saturated carbocycles. The predicted octanol–water partition coefficient (Wildman–Crippen LogP) is 1.92. The number of hydrazine groups is 1. The lowest BCUT2D eigenvalue weighted by Crippen LogP contribution is -2.38. The molecule has 6 nitrogen and oxygen atoms in total. The predicted molar refractivity (Wildman–Crippen MR) is 95.7 cm³/mol. The Morgan fingerprint density at radius 3 is 2.55 bits per heavy atom. The number of hydrogen-bond donors (Lipinski definition) is 3. The van der Waals surface area contributed by atoms with Crippen LogP contribution in [0.4, 0.5) is 0 Å². The number of aliphatic hydroxyl groups excluding tert-OH is 1. The van der Waals surface area contributed by atoms with E-state index in [4.69, 9.17) is 7.80 Å². The highest BCUT2D eigenvalue weighted by atomic mass is 127. The monoisotopic (exact) mass is 428 g/mol. The Bertz CT molecular complexity index is 359. The van der Waals surface area contributed by atoms with E-state index in [1.807, 2.05) is 36.9 Å². The first-order valence-electron chi connectivity index (χ1n) is 7.37. The molecule has 0 bridgehead atoms. The summed E-state index contributed by atoms with van der Waals surface area (Å²) in [7, 11) is 1.79. The summed E-state index contributed by atoms with van der Waals surface area (Å²) in [5.74, 6) is -0.117. The largest absolute Gasteiger partial charge is 0.391 e. The third-order valence-electron chi connectivity index (χ3n) is 3.05. The average Bonchev–Trinajstić information content (AvgIpc) is 2.44. The van der Waals surface area contributed by atoms with Crippen molar-refractivity contribution in [3.8, 4) is 0 Å². The van der Waals surface area contributed by atoms with Gasteiger partial charge in [-0.3, -0.25) is 15.6 Å². The molecule has 22 heavy (non-hydrogen) atoms. The van der Waals surface area contributed by atoms with Gasteiger partial charge in [0.05, 0.1) is 18.3 Å². The quantitative estimate of drug-likeness (QED) is 0.191. The van der Waals surface area contributed by atoms with E-state index in [9.17, 15) is 9.90 Å². The molecule has 0 heterocycles. The van der Waals surface area contributed by atoms with E-state index in [-0.39, 0.29) is 12.4 Å². The van der Waals surface area contributed by atoms with Crippen molar-refractivity contribution < 1.29 is 17.7 Å². The molecule has 0 aromatic carbocycles. The minimum atomic E-state index is -0.955. The molecular weight excluding hydrogens is 399 g/mol. The number of aliphatic hydroxyl groups is 1. The number of carbonyl (C=O) groups excluding carboxylic acids is 1. The Balaban J connectivity index is 4.24. The van der Waals surface area contributed by atoms with Crippen molar-refractivity contribution in [3.63, 3.8) is 0 Å². The number of halogens is 1. The molecule has 0 aliphatic carbocycles. The van der Waals surface area contributed by atoms with Crippen molar-refractivity contribution in [1.82, 2.24) is 10.9 Å². The van der Waals surface area contributed by atoms with E-state index in [1.54, 1.807) is 27.0 Å². The molecule has 130 valence electrons.